The quantitative estimate of drug-likeness (QED) is 0.742. The van der Waals surface area contributed by atoms with Crippen LogP contribution in [-0.2, 0) is 0 Å². The molecule has 1 aromatic rings. The fraction of sp³-hybridized carbons (Fsp3) is 0.444. The van der Waals surface area contributed by atoms with Crippen LogP contribution in [0.1, 0.15) is 40.8 Å². The molecule has 0 bridgehead atoms. The first-order valence-electron chi connectivity index (χ1n) is 4.25. The van der Waals surface area contributed by atoms with Crippen molar-refractivity contribution >= 4 is 5.97 Å². The molecule has 1 aliphatic carbocycles. The molecule has 1 fully saturated rings. The van der Waals surface area contributed by atoms with E-state index in [-0.39, 0.29) is 5.82 Å². The molecule has 1 saturated carbocycles. The van der Waals surface area contributed by atoms with Crippen molar-refractivity contribution in [2.45, 2.75) is 25.7 Å². The summed E-state index contributed by atoms with van der Waals surface area (Å²) in [5, 5.41) is 8.71. The standard InChI is InChI=1S/C9H10N2O2/c1-5-4-7(6-2-3-6)11-8(10-5)9(12)13/h4,6H,2-3H2,1H3,(H,12,13). The Balaban J connectivity index is 2.41. The summed E-state index contributed by atoms with van der Waals surface area (Å²) in [5.74, 6) is -0.660. The van der Waals surface area contributed by atoms with E-state index in [0.29, 0.717) is 5.92 Å². The molecule has 1 N–H and O–H groups in total. The van der Waals surface area contributed by atoms with Gasteiger partial charge < -0.3 is 5.11 Å². The first kappa shape index (κ1) is 8.16. The molecule has 4 heteroatoms. The highest BCUT2D eigenvalue weighted by Gasteiger charge is 2.26. The summed E-state index contributed by atoms with van der Waals surface area (Å²) < 4.78 is 0. The van der Waals surface area contributed by atoms with Gasteiger partial charge in [0.25, 0.3) is 0 Å². The number of aromatic nitrogens is 2. The topological polar surface area (TPSA) is 63.1 Å². The zero-order valence-corrected chi connectivity index (χ0v) is 7.32. The minimum atomic E-state index is -1.05. The molecule has 1 aliphatic rings. The molecule has 2 rings (SSSR count). The number of carboxylic acids is 1. The lowest BCUT2D eigenvalue weighted by atomic mass is 10.2. The van der Waals surface area contributed by atoms with Gasteiger partial charge in [-0.3, -0.25) is 0 Å². The SMILES string of the molecule is Cc1cc(C2CC2)nc(C(=O)O)n1. The highest BCUT2D eigenvalue weighted by Crippen LogP contribution is 2.38. The fourth-order valence-corrected chi connectivity index (χ4v) is 1.28. The van der Waals surface area contributed by atoms with Crippen LogP contribution in [0.15, 0.2) is 6.07 Å². The van der Waals surface area contributed by atoms with Gasteiger partial charge >= 0.3 is 5.97 Å². The van der Waals surface area contributed by atoms with Crippen molar-refractivity contribution in [2.24, 2.45) is 0 Å². The fourth-order valence-electron chi connectivity index (χ4n) is 1.28. The van der Waals surface area contributed by atoms with Crippen molar-refractivity contribution in [3.05, 3.63) is 23.3 Å². The maximum absolute atomic E-state index is 10.6. The van der Waals surface area contributed by atoms with Gasteiger partial charge in [0.15, 0.2) is 0 Å². The number of carboxylic acid groups (broad SMARTS) is 1. The Bertz CT molecular complexity index is 359. The summed E-state index contributed by atoms with van der Waals surface area (Å²) in [6, 6.07) is 1.87. The first-order chi connectivity index (χ1) is 6.16. The third-order valence-electron chi connectivity index (χ3n) is 2.06. The number of carbonyl (C=O) groups is 1. The summed E-state index contributed by atoms with van der Waals surface area (Å²) in [5.41, 5.74) is 1.61. The van der Waals surface area contributed by atoms with Crippen LogP contribution < -0.4 is 0 Å². The Hall–Kier alpha value is -1.45. The zero-order chi connectivity index (χ0) is 9.42. The number of aromatic carboxylic acids is 1. The summed E-state index contributed by atoms with van der Waals surface area (Å²) in [6.45, 7) is 1.79. The van der Waals surface area contributed by atoms with Crippen molar-refractivity contribution < 1.29 is 9.90 Å². The van der Waals surface area contributed by atoms with Gasteiger partial charge in [0, 0.05) is 17.3 Å². The Morgan fingerprint density at radius 2 is 2.23 bits per heavy atom. The highest BCUT2D eigenvalue weighted by atomic mass is 16.4. The summed E-state index contributed by atoms with van der Waals surface area (Å²) in [4.78, 5) is 18.4. The van der Waals surface area contributed by atoms with Gasteiger partial charge in [-0.1, -0.05) is 0 Å². The monoisotopic (exact) mass is 178 g/mol. The smallest absolute Gasteiger partial charge is 0.373 e. The normalized spacial score (nSPS) is 15.8. The van der Waals surface area contributed by atoms with Crippen molar-refractivity contribution in [1.82, 2.24) is 9.97 Å². The molecule has 0 aliphatic heterocycles. The van der Waals surface area contributed by atoms with Crippen molar-refractivity contribution in [1.29, 1.82) is 0 Å². The zero-order valence-electron chi connectivity index (χ0n) is 7.32. The van der Waals surface area contributed by atoms with Crippen molar-refractivity contribution in [2.75, 3.05) is 0 Å². The van der Waals surface area contributed by atoms with Crippen LogP contribution in [0.3, 0.4) is 0 Å². The lowest BCUT2D eigenvalue weighted by molar-refractivity contribution is 0.0683. The predicted molar refractivity (Wildman–Crippen MR) is 45.7 cm³/mol. The van der Waals surface area contributed by atoms with Gasteiger partial charge in [-0.2, -0.15) is 0 Å². The lowest BCUT2D eigenvalue weighted by Gasteiger charge is -2.00. The molecule has 0 aromatic carbocycles. The molecule has 4 nitrogen and oxygen atoms in total. The number of hydrogen-bond donors (Lipinski definition) is 1. The van der Waals surface area contributed by atoms with Gasteiger partial charge in [-0.25, -0.2) is 14.8 Å². The lowest BCUT2D eigenvalue weighted by Crippen LogP contribution is -2.07. The highest BCUT2D eigenvalue weighted by molar-refractivity contribution is 5.83. The van der Waals surface area contributed by atoms with Crippen LogP contribution in [0.2, 0.25) is 0 Å². The van der Waals surface area contributed by atoms with Gasteiger partial charge in [-0.05, 0) is 25.8 Å². The minimum absolute atomic E-state index is 0.0816. The summed E-state index contributed by atoms with van der Waals surface area (Å²) in [6.07, 6.45) is 2.24. The summed E-state index contributed by atoms with van der Waals surface area (Å²) in [7, 11) is 0. The van der Waals surface area contributed by atoms with E-state index >= 15 is 0 Å². The third kappa shape index (κ3) is 1.66. The van der Waals surface area contributed by atoms with Crippen LogP contribution >= 0.6 is 0 Å². The van der Waals surface area contributed by atoms with Crippen molar-refractivity contribution in [3.63, 3.8) is 0 Å². The predicted octanol–water partition coefficient (Wildman–Crippen LogP) is 1.36. The second-order valence-electron chi connectivity index (χ2n) is 3.34. The molecule has 0 atom stereocenters. The average Bonchev–Trinajstić information content (AvgIpc) is 2.85. The van der Waals surface area contributed by atoms with Gasteiger partial charge in [0.2, 0.25) is 5.82 Å². The van der Waals surface area contributed by atoms with Gasteiger partial charge in [0.1, 0.15) is 0 Å². The molecule has 1 aromatic heterocycles. The Labute approximate surface area is 75.6 Å². The molecule has 0 unspecified atom stereocenters. The largest absolute Gasteiger partial charge is 0.475 e. The number of rotatable bonds is 2. The molecule has 68 valence electrons. The average molecular weight is 178 g/mol. The van der Waals surface area contributed by atoms with Gasteiger partial charge in [-0.15, -0.1) is 0 Å². The van der Waals surface area contributed by atoms with E-state index in [4.69, 9.17) is 5.11 Å². The Morgan fingerprint density at radius 3 is 2.77 bits per heavy atom. The van der Waals surface area contributed by atoms with Crippen LogP contribution in [0.4, 0.5) is 0 Å². The number of nitrogens with zero attached hydrogens (tertiary/aromatic N) is 2. The molecule has 0 saturated heterocycles. The van der Waals surface area contributed by atoms with E-state index in [0.717, 1.165) is 24.2 Å². The van der Waals surface area contributed by atoms with Crippen LogP contribution in [-0.4, -0.2) is 21.0 Å². The van der Waals surface area contributed by atoms with E-state index in [1.807, 2.05) is 6.07 Å². The van der Waals surface area contributed by atoms with E-state index in [2.05, 4.69) is 9.97 Å². The summed E-state index contributed by atoms with van der Waals surface area (Å²) >= 11 is 0. The van der Waals surface area contributed by atoms with Crippen molar-refractivity contribution in [3.8, 4) is 0 Å². The molecule has 13 heavy (non-hydrogen) atoms. The maximum Gasteiger partial charge on any atom is 0.373 e. The Kier molecular flexibility index (Phi) is 1.76. The molecule has 0 spiro atoms. The molecule has 0 radical (unpaired) electrons. The van der Waals surface area contributed by atoms with E-state index in [1.165, 1.54) is 0 Å². The minimum Gasteiger partial charge on any atom is -0.475 e. The molecule has 1 heterocycles. The second-order valence-corrected chi connectivity index (χ2v) is 3.34. The molecule has 0 amide bonds. The maximum atomic E-state index is 10.6. The van der Waals surface area contributed by atoms with E-state index in [1.54, 1.807) is 6.92 Å². The van der Waals surface area contributed by atoms with E-state index in [9.17, 15) is 4.79 Å². The second kappa shape index (κ2) is 2.80. The number of hydrogen-bond acceptors (Lipinski definition) is 3. The Morgan fingerprint density at radius 1 is 1.54 bits per heavy atom. The van der Waals surface area contributed by atoms with E-state index < -0.39 is 5.97 Å². The molecular formula is C9H10N2O2. The van der Waals surface area contributed by atoms with Crippen LogP contribution in [0, 0.1) is 6.92 Å². The molecular weight excluding hydrogens is 168 g/mol. The number of aryl methyl sites for hydroxylation is 1. The third-order valence-corrected chi connectivity index (χ3v) is 2.06. The van der Waals surface area contributed by atoms with Crippen LogP contribution in [0.5, 0.6) is 0 Å². The first-order valence-corrected chi connectivity index (χ1v) is 4.25. The van der Waals surface area contributed by atoms with Crippen LogP contribution in [0.25, 0.3) is 0 Å². The van der Waals surface area contributed by atoms with Gasteiger partial charge in [0.05, 0.1) is 0 Å².